The molecule has 0 radical (unpaired) electrons. The lowest BCUT2D eigenvalue weighted by Gasteiger charge is -2.21. The molecule has 2 rings (SSSR count). The minimum Gasteiger partial charge on any atom is -0.486 e. The third-order valence-corrected chi connectivity index (χ3v) is 6.37. The average Bonchev–Trinajstić information content (AvgIpc) is 2.68. The number of benzene rings is 1. The van der Waals surface area contributed by atoms with Crippen molar-refractivity contribution < 1.29 is 36.2 Å². The molecule has 0 aliphatic carbocycles. The van der Waals surface area contributed by atoms with E-state index in [2.05, 4.69) is 5.32 Å². The number of hydrogen-bond acceptors (Lipinski definition) is 6. The predicted octanol–water partition coefficient (Wildman–Crippen LogP) is 3.78. The fourth-order valence-corrected chi connectivity index (χ4v) is 4.61. The van der Waals surface area contributed by atoms with Crippen LogP contribution in [0.5, 0.6) is 5.75 Å². The van der Waals surface area contributed by atoms with E-state index in [-0.39, 0.29) is 47.4 Å². The van der Waals surface area contributed by atoms with Crippen molar-refractivity contribution in [3.8, 4) is 5.75 Å². The molecule has 1 saturated heterocycles. The Morgan fingerprint density at radius 2 is 1.97 bits per heavy atom. The van der Waals surface area contributed by atoms with Crippen LogP contribution in [0.3, 0.4) is 0 Å². The minimum absolute atomic E-state index is 0.0209. The summed E-state index contributed by atoms with van der Waals surface area (Å²) in [6.07, 6.45) is 0.830. The Morgan fingerprint density at radius 1 is 1.29 bits per heavy atom. The average molecular weight is 462 g/mol. The number of halogens is 2. The highest BCUT2D eigenvalue weighted by atomic mass is 32.2. The van der Waals surface area contributed by atoms with Crippen molar-refractivity contribution in [1.82, 2.24) is 5.32 Å². The Morgan fingerprint density at radius 3 is 2.55 bits per heavy atom. The molecule has 0 bridgehead atoms. The van der Waals surface area contributed by atoms with Gasteiger partial charge in [-0.25, -0.2) is 22.0 Å². The van der Waals surface area contributed by atoms with Crippen LogP contribution < -0.4 is 10.1 Å². The Kier molecular flexibility index (Phi) is 8.81. The Balaban J connectivity index is 1.93. The first kappa shape index (κ1) is 25.1. The van der Waals surface area contributed by atoms with E-state index in [1.165, 1.54) is 12.1 Å². The quantitative estimate of drug-likeness (QED) is 0.634. The molecule has 0 atom stereocenters. The molecule has 0 spiro atoms. The van der Waals surface area contributed by atoms with Crippen LogP contribution in [0.2, 0.25) is 0 Å². The molecule has 0 saturated carbocycles. The van der Waals surface area contributed by atoms with Crippen LogP contribution in [0.1, 0.15) is 33.6 Å². The van der Waals surface area contributed by atoms with Gasteiger partial charge < -0.3 is 19.5 Å². The largest absolute Gasteiger partial charge is 0.486 e. The molecule has 1 N–H and O–H groups in total. The van der Waals surface area contributed by atoms with Crippen molar-refractivity contribution in [2.45, 2.75) is 44.1 Å². The molecule has 1 aliphatic heterocycles. The number of carbonyl (C=O) groups excluding carboxylic acids is 1. The Labute approximate surface area is 181 Å². The molecular weight excluding hydrogens is 432 g/mol. The molecule has 0 aromatic heterocycles. The van der Waals surface area contributed by atoms with E-state index in [4.69, 9.17) is 14.2 Å². The van der Waals surface area contributed by atoms with Crippen LogP contribution in [-0.2, 0) is 19.3 Å². The summed E-state index contributed by atoms with van der Waals surface area (Å²) in [6.45, 7) is 5.60. The van der Waals surface area contributed by atoms with E-state index in [1.807, 2.05) is 0 Å². The second-order valence-corrected chi connectivity index (χ2v) is 10.4. The van der Waals surface area contributed by atoms with E-state index in [0.717, 1.165) is 6.07 Å². The van der Waals surface area contributed by atoms with Crippen molar-refractivity contribution in [3.63, 3.8) is 0 Å². The molecule has 1 amide bonds. The Bertz CT molecular complexity index is 890. The van der Waals surface area contributed by atoms with Crippen molar-refractivity contribution in [3.05, 3.63) is 35.9 Å². The van der Waals surface area contributed by atoms with Crippen molar-refractivity contribution in [2.75, 3.05) is 32.1 Å². The van der Waals surface area contributed by atoms with Crippen LogP contribution in [0.15, 0.2) is 35.0 Å². The molecular formula is C21H29F2NO6S. The summed E-state index contributed by atoms with van der Waals surface area (Å²) >= 11 is 0. The highest BCUT2D eigenvalue weighted by molar-refractivity contribution is 7.91. The second-order valence-electron chi connectivity index (χ2n) is 8.34. The SMILES string of the molecule is CC(C)(C)OC(=O)NC/C(=C\F)COc1ccc(S(=O)(=O)CC2CCOCC2)cc1F. The normalized spacial score (nSPS) is 16.1. The summed E-state index contributed by atoms with van der Waals surface area (Å²) in [4.78, 5) is 11.5. The van der Waals surface area contributed by atoms with Gasteiger partial charge in [-0.3, -0.25) is 0 Å². The second kappa shape index (κ2) is 10.9. The molecule has 1 aromatic rings. The van der Waals surface area contributed by atoms with E-state index in [1.54, 1.807) is 20.8 Å². The standard InChI is InChI=1S/C21H29F2NO6S/c1-21(2,3)30-20(25)24-12-16(11-22)13-29-19-5-4-17(10-18(19)23)31(26,27)14-15-6-8-28-9-7-15/h4-5,10-11,15H,6-9,12-14H2,1-3H3,(H,24,25)/b16-11+. The van der Waals surface area contributed by atoms with Gasteiger partial charge >= 0.3 is 6.09 Å². The van der Waals surface area contributed by atoms with Crippen LogP contribution >= 0.6 is 0 Å². The first-order chi connectivity index (χ1) is 14.5. The van der Waals surface area contributed by atoms with Crippen LogP contribution in [-0.4, -0.2) is 52.2 Å². The zero-order valence-corrected chi connectivity index (χ0v) is 18.8. The Hall–Kier alpha value is -2.20. The molecule has 1 heterocycles. The molecule has 1 fully saturated rings. The lowest BCUT2D eigenvalue weighted by molar-refractivity contribution is 0.0531. The number of hydrogen-bond donors (Lipinski definition) is 1. The maximum absolute atomic E-state index is 14.4. The van der Waals surface area contributed by atoms with Gasteiger partial charge in [-0.05, 0) is 57.7 Å². The predicted molar refractivity (Wildman–Crippen MR) is 111 cm³/mol. The van der Waals surface area contributed by atoms with Gasteiger partial charge in [-0.15, -0.1) is 0 Å². The van der Waals surface area contributed by atoms with Gasteiger partial charge in [0.15, 0.2) is 21.4 Å². The number of ether oxygens (including phenoxy) is 3. The van der Waals surface area contributed by atoms with Gasteiger partial charge in [0.05, 0.1) is 17.0 Å². The highest BCUT2D eigenvalue weighted by Crippen LogP contribution is 2.25. The van der Waals surface area contributed by atoms with Crippen molar-refractivity contribution in [1.29, 1.82) is 0 Å². The minimum atomic E-state index is -3.65. The number of carbonyl (C=O) groups is 1. The van der Waals surface area contributed by atoms with E-state index >= 15 is 0 Å². The summed E-state index contributed by atoms with van der Waals surface area (Å²) < 4.78 is 68.1. The molecule has 0 unspecified atom stereocenters. The van der Waals surface area contributed by atoms with Gasteiger partial charge in [0, 0.05) is 25.3 Å². The number of rotatable bonds is 8. The lowest BCUT2D eigenvalue weighted by atomic mass is 10.0. The summed E-state index contributed by atoms with van der Waals surface area (Å²) in [7, 11) is -3.65. The maximum atomic E-state index is 14.4. The van der Waals surface area contributed by atoms with Gasteiger partial charge in [0.25, 0.3) is 0 Å². The summed E-state index contributed by atoms with van der Waals surface area (Å²) in [5, 5.41) is 2.38. The number of nitrogens with one attached hydrogen (secondary N) is 1. The maximum Gasteiger partial charge on any atom is 0.407 e. The van der Waals surface area contributed by atoms with Crippen molar-refractivity contribution >= 4 is 15.9 Å². The van der Waals surface area contributed by atoms with E-state index in [0.29, 0.717) is 26.1 Å². The fourth-order valence-electron chi connectivity index (χ4n) is 2.90. The topological polar surface area (TPSA) is 90.9 Å². The molecule has 1 aromatic carbocycles. The first-order valence-electron chi connectivity index (χ1n) is 9.98. The van der Waals surface area contributed by atoms with Crippen molar-refractivity contribution in [2.24, 2.45) is 5.92 Å². The third-order valence-electron chi connectivity index (χ3n) is 4.48. The van der Waals surface area contributed by atoms with Crippen LogP contribution in [0.4, 0.5) is 13.6 Å². The molecule has 10 heteroatoms. The summed E-state index contributed by atoms with van der Waals surface area (Å²) in [5.74, 6) is -1.18. The van der Waals surface area contributed by atoms with E-state index < -0.39 is 27.3 Å². The van der Waals surface area contributed by atoms with Gasteiger partial charge in [0.2, 0.25) is 0 Å². The van der Waals surface area contributed by atoms with Crippen LogP contribution in [0, 0.1) is 11.7 Å². The van der Waals surface area contributed by atoms with Gasteiger partial charge in [-0.1, -0.05) is 0 Å². The summed E-state index contributed by atoms with van der Waals surface area (Å²) in [5.41, 5.74) is -0.655. The smallest absolute Gasteiger partial charge is 0.407 e. The molecule has 1 aliphatic rings. The number of amides is 1. The molecule has 31 heavy (non-hydrogen) atoms. The third kappa shape index (κ3) is 8.45. The van der Waals surface area contributed by atoms with Crippen LogP contribution in [0.25, 0.3) is 0 Å². The van der Waals surface area contributed by atoms with Gasteiger partial charge in [0.1, 0.15) is 12.2 Å². The zero-order valence-electron chi connectivity index (χ0n) is 18.0. The molecule has 174 valence electrons. The molecule has 7 nitrogen and oxygen atoms in total. The fraction of sp³-hybridized carbons (Fsp3) is 0.571. The number of sulfone groups is 1. The highest BCUT2D eigenvalue weighted by Gasteiger charge is 2.24. The summed E-state index contributed by atoms with van der Waals surface area (Å²) in [6, 6.07) is 3.37. The van der Waals surface area contributed by atoms with Gasteiger partial charge in [-0.2, -0.15) is 0 Å². The lowest BCUT2D eigenvalue weighted by Crippen LogP contribution is -2.34. The van der Waals surface area contributed by atoms with E-state index in [9.17, 15) is 22.0 Å². The first-order valence-corrected chi connectivity index (χ1v) is 11.6. The number of alkyl carbamates (subject to hydrolysis) is 1. The zero-order chi connectivity index (χ0) is 23.1. The monoisotopic (exact) mass is 461 g/mol.